The third-order valence-corrected chi connectivity index (χ3v) is 4.31. The van der Waals surface area contributed by atoms with Crippen LogP contribution in [0.5, 0.6) is 0 Å². The quantitative estimate of drug-likeness (QED) is 0.920. The zero-order valence-electron chi connectivity index (χ0n) is 12.6. The largest absolute Gasteiger partial charge is 0.342 e. The molecule has 0 radical (unpaired) electrons. The molecule has 21 heavy (non-hydrogen) atoms. The van der Waals surface area contributed by atoms with Gasteiger partial charge in [0.15, 0.2) is 0 Å². The predicted molar refractivity (Wildman–Crippen MR) is 90.0 cm³/mol. The smallest absolute Gasteiger partial charge is 0.230 e. The van der Waals surface area contributed by atoms with Gasteiger partial charge in [0.2, 0.25) is 5.91 Å². The van der Waals surface area contributed by atoms with Gasteiger partial charge in [0.1, 0.15) is 0 Å². The van der Waals surface area contributed by atoms with E-state index in [0.717, 1.165) is 25.1 Å². The number of nitrogens with zero attached hydrogens (tertiary/aromatic N) is 1. The molecule has 0 spiro atoms. The van der Waals surface area contributed by atoms with Crippen LogP contribution < -0.4 is 5.73 Å². The maximum Gasteiger partial charge on any atom is 0.230 e. The van der Waals surface area contributed by atoms with Crippen molar-refractivity contribution in [1.29, 1.82) is 0 Å². The summed E-state index contributed by atoms with van der Waals surface area (Å²) in [5.41, 5.74) is 6.72. The highest BCUT2D eigenvalue weighted by Gasteiger charge is 2.32. The molecule has 1 amide bonds. The molecule has 1 fully saturated rings. The van der Waals surface area contributed by atoms with Crippen LogP contribution in [0.1, 0.15) is 31.7 Å². The van der Waals surface area contributed by atoms with Gasteiger partial charge in [-0.25, -0.2) is 0 Å². The lowest BCUT2D eigenvalue weighted by molar-refractivity contribution is -0.132. The Labute approximate surface area is 138 Å². The number of likely N-dealkylation sites (tertiary alicyclic amines) is 1. The van der Waals surface area contributed by atoms with Gasteiger partial charge in [-0.2, -0.15) is 0 Å². The molecule has 2 unspecified atom stereocenters. The first-order chi connectivity index (χ1) is 9.52. The van der Waals surface area contributed by atoms with E-state index in [1.54, 1.807) is 0 Å². The maximum atomic E-state index is 12.8. The van der Waals surface area contributed by atoms with Crippen LogP contribution in [-0.4, -0.2) is 30.4 Å². The van der Waals surface area contributed by atoms with Crippen molar-refractivity contribution in [3.63, 3.8) is 0 Å². The molecule has 0 aromatic heterocycles. The second-order valence-electron chi connectivity index (χ2n) is 5.95. The molecule has 0 aliphatic carbocycles. The predicted octanol–water partition coefficient (Wildman–Crippen LogP) is 3.31. The highest BCUT2D eigenvalue weighted by atomic mass is 35.5. The molecule has 1 aliphatic heterocycles. The Morgan fingerprint density at radius 2 is 2.19 bits per heavy atom. The molecule has 1 aromatic carbocycles. The van der Waals surface area contributed by atoms with Crippen LogP contribution in [0, 0.1) is 11.8 Å². The van der Waals surface area contributed by atoms with Gasteiger partial charge in [0.05, 0.1) is 5.92 Å². The molecule has 0 bridgehead atoms. The third kappa shape index (κ3) is 4.35. The third-order valence-electron chi connectivity index (χ3n) is 4.07. The molecule has 1 aliphatic rings. The van der Waals surface area contributed by atoms with Crippen molar-refractivity contribution in [2.24, 2.45) is 17.6 Å². The Balaban J connectivity index is 0.00000220. The van der Waals surface area contributed by atoms with Gasteiger partial charge in [-0.05, 0) is 42.5 Å². The molecule has 3 nitrogen and oxygen atoms in total. The fourth-order valence-electron chi connectivity index (χ4n) is 2.93. The highest BCUT2D eigenvalue weighted by molar-refractivity contribution is 6.30. The van der Waals surface area contributed by atoms with E-state index in [0.29, 0.717) is 17.5 Å². The minimum atomic E-state index is -0.120. The van der Waals surface area contributed by atoms with Gasteiger partial charge in [-0.15, -0.1) is 12.4 Å². The molecule has 1 saturated heterocycles. The Kier molecular flexibility index (Phi) is 6.98. The van der Waals surface area contributed by atoms with Crippen molar-refractivity contribution in [1.82, 2.24) is 4.90 Å². The highest BCUT2D eigenvalue weighted by Crippen LogP contribution is 2.30. The van der Waals surface area contributed by atoms with Crippen molar-refractivity contribution in [2.75, 3.05) is 19.6 Å². The number of carbonyl (C=O) groups is 1. The minimum Gasteiger partial charge on any atom is -0.342 e. The van der Waals surface area contributed by atoms with E-state index >= 15 is 0 Å². The summed E-state index contributed by atoms with van der Waals surface area (Å²) < 4.78 is 0. The summed E-state index contributed by atoms with van der Waals surface area (Å²) >= 11 is 6.06. The fraction of sp³-hybridized carbons (Fsp3) is 0.562. The molecule has 0 saturated carbocycles. The van der Waals surface area contributed by atoms with Crippen LogP contribution >= 0.6 is 24.0 Å². The summed E-state index contributed by atoms with van der Waals surface area (Å²) in [4.78, 5) is 14.8. The van der Waals surface area contributed by atoms with Gasteiger partial charge < -0.3 is 10.6 Å². The molecule has 1 heterocycles. The van der Waals surface area contributed by atoms with Crippen LogP contribution in [0.4, 0.5) is 0 Å². The average molecular weight is 331 g/mol. The molecule has 118 valence electrons. The first-order valence-electron chi connectivity index (χ1n) is 7.27. The summed E-state index contributed by atoms with van der Waals surface area (Å²) in [6.07, 6.45) is 1.02. The number of rotatable bonds is 4. The average Bonchev–Trinajstić information content (AvgIpc) is 2.87. The molecule has 2 atom stereocenters. The lowest BCUT2D eigenvalue weighted by Crippen LogP contribution is -2.36. The van der Waals surface area contributed by atoms with Crippen LogP contribution in [0.2, 0.25) is 5.02 Å². The Bertz CT molecular complexity index is 479. The van der Waals surface area contributed by atoms with Gasteiger partial charge in [0.25, 0.3) is 0 Å². The van der Waals surface area contributed by atoms with E-state index in [2.05, 4.69) is 13.8 Å². The van der Waals surface area contributed by atoms with Gasteiger partial charge >= 0.3 is 0 Å². The zero-order valence-corrected chi connectivity index (χ0v) is 14.2. The van der Waals surface area contributed by atoms with Crippen molar-refractivity contribution in [3.8, 4) is 0 Å². The molecular formula is C16H24Cl2N2O. The van der Waals surface area contributed by atoms with E-state index in [9.17, 15) is 4.79 Å². The first kappa shape index (κ1) is 18.3. The van der Waals surface area contributed by atoms with E-state index < -0.39 is 0 Å². The number of halogens is 2. The van der Waals surface area contributed by atoms with Crippen molar-refractivity contribution in [3.05, 3.63) is 34.9 Å². The number of hydrogen-bond donors (Lipinski definition) is 1. The number of benzene rings is 1. The second kappa shape index (κ2) is 8.02. The van der Waals surface area contributed by atoms with Crippen LogP contribution in [0.25, 0.3) is 0 Å². The van der Waals surface area contributed by atoms with E-state index in [-0.39, 0.29) is 30.2 Å². The molecule has 5 heteroatoms. The van der Waals surface area contributed by atoms with Gasteiger partial charge in [-0.3, -0.25) is 4.79 Å². The second-order valence-corrected chi connectivity index (χ2v) is 6.39. The van der Waals surface area contributed by atoms with Crippen molar-refractivity contribution < 1.29 is 4.79 Å². The van der Waals surface area contributed by atoms with Crippen molar-refractivity contribution in [2.45, 2.75) is 26.2 Å². The van der Waals surface area contributed by atoms with Crippen LogP contribution in [0.3, 0.4) is 0 Å². The van der Waals surface area contributed by atoms with E-state index in [1.165, 1.54) is 0 Å². The molecule has 2 rings (SSSR count). The zero-order chi connectivity index (χ0) is 14.7. The van der Waals surface area contributed by atoms with E-state index in [1.807, 2.05) is 29.2 Å². The lowest BCUT2D eigenvalue weighted by Gasteiger charge is -2.26. The summed E-state index contributed by atoms with van der Waals surface area (Å²) in [7, 11) is 0. The summed E-state index contributed by atoms with van der Waals surface area (Å²) in [6, 6.07) is 7.64. The Morgan fingerprint density at radius 1 is 1.48 bits per heavy atom. The normalized spacial score (nSPS) is 19.5. The molecule has 2 N–H and O–H groups in total. The topological polar surface area (TPSA) is 46.3 Å². The van der Waals surface area contributed by atoms with E-state index in [4.69, 9.17) is 17.3 Å². The summed E-state index contributed by atoms with van der Waals surface area (Å²) in [5, 5.41) is 0.683. The number of hydrogen-bond acceptors (Lipinski definition) is 2. The Hall–Kier alpha value is -0.770. The minimum absolute atomic E-state index is 0. The fourth-order valence-corrected chi connectivity index (χ4v) is 3.13. The number of carbonyl (C=O) groups excluding carboxylic acids is 1. The van der Waals surface area contributed by atoms with Crippen LogP contribution in [-0.2, 0) is 4.79 Å². The van der Waals surface area contributed by atoms with Crippen LogP contribution in [0.15, 0.2) is 24.3 Å². The summed E-state index contributed by atoms with van der Waals surface area (Å²) in [6.45, 7) is 6.44. The summed E-state index contributed by atoms with van der Waals surface area (Å²) in [5.74, 6) is 0.785. The standard InChI is InChI=1S/C16H23ClN2O.ClH/c1-11(2)15(13-4-3-5-14(17)8-13)16(20)19-7-6-12(9-18)10-19;/h3-5,8,11-12,15H,6-7,9-10,18H2,1-2H3;1H. The number of nitrogens with two attached hydrogens (primary N) is 1. The molecular weight excluding hydrogens is 307 g/mol. The van der Waals surface area contributed by atoms with Gasteiger partial charge in [-0.1, -0.05) is 37.6 Å². The monoisotopic (exact) mass is 330 g/mol. The lowest BCUT2D eigenvalue weighted by atomic mass is 9.87. The Morgan fingerprint density at radius 3 is 2.71 bits per heavy atom. The maximum absolute atomic E-state index is 12.8. The number of amides is 1. The SMILES string of the molecule is CC(C)C(C(=O)N1CCC(CN)C1)c1cccc(Cl)c1.Cl. The van der Waals surface area contributed by atoms with Gasteiger partial charge in [0, 0.05) is 18.1 Å². The first-order valence-corrected chi connectivity index (χ1v) is 7.65. The van der Waals surface area contributed by atoms with Crippen molar-refractivity contribution >= 4 is 29.9 Å². The molecule has 1 aromatic rings.